The van der Waals surface area contributed by atoms with E-state index in [9.17, 15) is 8.42 Å². The van der Waals surface area contributed by atoms with Gasteiger partial charge in [0.2, 0.25) is 0 Å². The van der Waals surface area contributed by atoms with Crippen molar-refractivity contribution in [2.24, 2.45) is 4.40 Å². The van der Waals surface area contributed by atoms with E-state index < -0.39 is 10.0 Å². The van der Waals surface area contributed by atoms with Gasteiger partial charge in [-0.3, -0.25) is 4.90 Å². The monoisotopic (exact) mass is 405 g/mol. The Morgan fingerprint density at radius 1 is 1.03 bits per heavy atom. The van der Waals surface area contributed by atoms with Crippen LogP contribution >= 0.6 is 0 Å². The Kier molecular flexibility index (Phi) is 4.41. The minimum atomic E-state index is -3.66. The highest BCUT2D eigenvalue weighted by Crippen LogP contribution is 2.36. The van der Waals surface area contributed by atoms with Crippen LogP contribution in [0.1, 0.15) is 31.4 Å². The lowest BCUT2D eigenvalue weighted by atomic mass is 10.0. The van der Waals surface area contributed by atoms with Gasteiger partial charge in [-0.05, 0) is 54.3 Å². The maximum Gasteiger partial charge on any atom is 0.286 e. The number of rotatable bonds is 5. The molecule has 5 nitrogen and oxygen atoms in total. The van der Waals surface area contributed by atoms with Crippen LogP contribution in [0, 0.1) is 0 Å². The molecule has 1 unspecified atom stereocenters. The van der Waals surface area contributed by atoms with Crippen LogP contribution in [-0.4, -0.2) is 31.7 Å². The van der Waals surface area contributed by atoms with Crippen molar-refractivity contribution in [1.29, 1.82) is 0 Å². The van der Waals surface area contributed by atoms with Gasteiger partial charge in [0.15, 0.2) is 0 Å². The number of benzene rings is 3. The minimum absolute atomic E-state index is 0.163. The lowest BCUT2D eigenvalue weighted by Gasteiger charge is -2.31. The quantitative estimate of drug-likeness (QED) is 0.675. The number of nitrogens with one attached hydrogen (secondary N) is 1. The molecule has 1 aliphatic carbocycles. The third-order valence-electron chi connectivity index (χ3n) is 5.78. The SMILES string of the molecule is CC(c1ccc2ccccc2c1)N(CC1=NS(=O)(=O)c2ccccc2N1)C1CC1. The molecule has 3 aromatic carbocycles. The zero-order chi connectivity index (χ0) is 20.0. The number of hydrogen-bond acceptors (Lipinski definition) is 4. The van der Waals surface area contributed by atoms with E-state index in [0.29, 0.717) is 24.1 Å². The predicted octanol–water partition coefficient (Wildman–Crippen LogP) is 4.58. The van der Waals surface area contributed by atoms with E-state index in [1.54, 1.807) is 18.2 Å². The van der Waals surface area contributed by atoms with Gasteiger partial charge in [-0.25, -0.2) is 0 Å². The summed E-state index contributed by atoms with van der Waals surface area (Å²) in [7, 11) is -3.66. The molecule has 5 rings (SSSR count). The summed E-state index contributed by atoms with van der Waals surface area (Å²) in [4.78, 5) is 2.60. The number of amidine groups is 1. The molecule has 1 heterocycles. The normalized spacial score (nSPS) is 18.8. The van der Waals surface area contributed by atoms with E-state index in [0.717, 1.165) is 12.8 Å². The molecule has 1 atom stereocenters. The fraction of sp³-hybridized carbons (Fsp3) is 0.261. The second-order valence-electron chi connectivity index (χ2n) is 7.82. The Bertz CT molecular complexity index is 1220. The van der Waals surface area contributed by atoms with Crippen molar-refractivity contribution in [3.63, 3.8) is 0 Å². The largest absolute Gasteiger partial charge is 0.341 e. The summed E-state index contributed by atoms with van der Waals surface area (Å²) in [5, 5.41) is 5.67. The van der Waals surface area contributed by atoms with Crippen LogP contribution in [0.15, 0.2) is 76.0 Å². The van der Waals surface area contributed by atoms with Gasteiger partial charge < -0.3 is 5.32 Å². The van der Waals surface area contributed by atoms with Crippen molar-refractivity contribution in [2.45, 2.75) is 36.7 Å². The highest BCUT2D eigenvalue weighted by atomic mass is 32.2. The first-order valence-electron chi connectivity index (χ1n) is 9.96. The molecule has 6 heteroatoms. The van der Waals surface area contributed by atoms with Gasteiger partial charge in [0.05, 0.1) is 12.2 Å². The topological polar surface area (TPSA) is 61.8 Å². The Morgan fingerprint density at radius 2 is 1.76 bits per heavy atom. The van der Waals surface area contributed by atoms with Crippen molar-refractivity contribution in [2.75, 3.05) is 11.9 Å². The van der Waals surface area contributed by atoms with E-state index >= 15 is 0 Å². The number of hydrogen-bond donors (Lipinski definition) is 1. The Hall–Kier alpha value is -2.70. The standard InChI is InChI=1S/C23H23N3O2S/c1-16(18-11-10-17-6-2-3-7-19(17)14-18)26(20-12-13-20)15-23-24-21-8-4-5-9-22(21)29(27,28)25-23/h2-11,14,16,20H,12-13,15H2,1H3,(H,24,25). The molecule has 0 radical (unpaired) electrons. The molecule has 1 aliphatic heterocycles. The zero-order valence-corrected chi connectivity index (χ0v) is 17.1. The van der Waals surface area contributed by atoms with Crippen molar-refractivity contribution >= 4 is 32.3 Å². The van der Waals surface area contributed by atoms with E-state index in [1.807, 2.05) is 12.1 Å². The molecule has 0 bridgehead atoms. The maximum atomic E-state index is 12.6. The average Bonchev–Trinajstić information content (AvgIpc) is 3.56. The second-order valence-corrected chi connectivity index (χ2v) is 9.39. The van der Waals surface area contributed by atoms with Gasteiger partial charge in [0.25, 0.3) is 10.0 Å². The minimum Gasteiger partial charge on any atom is -0.341 e. The Morgan fingerprint density at radius 3 is 2.55 bits per heavy atom. The molecule has 29 heavy (non-hydrogen) atoms. The molecule has 0 spiro atoms. The van der Waals surface area contributed by atoms with Crippen LogP contribution in [0.2, 0.25) is 0 Å². The molecule has 3 aromatic rings. The van der Waals surface area contributed by atoms with Crippen molar-refractivity contribution in [1.82, 2.24) is 4.90 Å². The number of fused-ring (bicyclic) bond motifs is 2. The summed E-state index contributed by atoms with van der Waals surface area (Å²) >= 11 is 0. The molecular weight excluding hydrogens is 382 g/mol. The first-order valence-corrected chi connectivity index (χ1v) is 11.4. The first-order chi connectivity index (χ1) is 14.0. The average molecular weight is 406 g/mol. The summed E-state index contributed by atoms with van der Waals surface area (Å²) in [6.45, 7) is 2.67. The number of anilines is 1. The van der Waals surface area contributed by atoms with Crippen molar-refractivity contribution in [3.05, 3.63) is 72.3 Å². The summed E-state index contributed by atoms with van der Waals surface area (Å²) in [5.74, 6) is 0.489. The lowest BCUT2D eigenvalue weighted by molar-refractivity contribution is 0.231. The van der Waals surface area contributed by atoms with Crippen molar-refractivity contribution in [3.8, 4) is 0 Å². The molecule has 148 valence electrons. The van der Waals surface area contributed by atoms with Crippen LogP contribution in [-0.2, 0) is 10.0 Å². The predicted molar refractivity (Wildman–Crippen MR) is 117 cm³/mol. The lowest BCUT2D eigenvalue weighted by Crippen LogP contribution is -2.38. The van der Waals surface area contributed by atoms with Crippen LogP contribution in [0.5, 0.6) is 0 Å². The van der Waals surface area contributed by atoms with Gasteiger partial charge in [-0.1, -0.05) is 48.5 Å². The Labute approximate surface area is 171 Å². The number of nitrogens with zero attached hydrogens (tertiary/aromatic N) is 2. The Balaban J connectivity index is 1.44. The first kappa shape index (κ1) is 18.3. The van der Waals surface area contributed by atoms with Crippen LogP contribution in [0.3, 0.4) is 0 Å². The van der Waals surface area contributed by atoms with Gasteiger partial charge in [0.1, 0.15) is 10.7 Å². The summed E-state index contributed by atoms with van der Waals surface area (Å²) < 4.78 is 29.2. The highest BCUT2D eigenvalue weighted by Gasteiger charge is 2.35. The van der Waals surface area contributed by atoms with E-state index in [1.165, 1.54) is 16.3 Å². The maximum absolute atomic E-state index is 12.6. The van der Waals surface area contributed by atoms with Crippen molar-refractivity contribution < 1.29 is 8.42 Å². The van der Waals surface area contributed by atoms with E-state index in [-0.39, 0.29) is 10.9 Å². The smallest absolute Gasteiger partial charge is 0.286 e. The number of para-hydroxylation sites is 1. The van der Waals surface area contributed by atoms with Crippen LogP contribution in [0.4, 0.5) is 5.69 Å². The highest BCUT2D eigenvalue weighted by molar-refractivity contribution is 7.90. The van der Waals surface area contributed by atoms with E-state index in [4.69, 9.17) is 0 Å². The van der Waals surface area contributed by atoms with E-state index in [2.05, 4.69) is 57.9 Å². The molecule has 1 saturated carbocycles. The van der Waals surface area contributed by atoms with Crippen LogP contribution in [0.25, 0.3) is 10.8 Å². The van der Waals surface area contributed by atoms with Gasteiger partial charge in [-0.15, -0.1) is 4.40 Å². The second kappa shape index (κ2) is 6.97. The summed E-state index contributed by atoms with van der Waals surface area (Å²) in [5.41, 5.74) is 1.84. The molecular formula is C23H23N3O2S. The third-order valence-corrected chi connectivity index (χ3v) is 7.15. The molecule has 0 amide bonds. The molecule has 1 N–H and O–H groups in total. The molecule has 1 fully saturated rings. The fourth-order valence-corrected chi connectivity index (χ4v) is 5.20. The number of sulfonamides is 1. The fourth-order valence-electron chi connectivity index (χ4n) is 4.06. The summed E-state index contributed by atoms with van der Waals surface area (Å²) in [6, 6.07) is 22.5. The van der Waals surface area contributed by atoms with Gasteiger partial charge in [0, 0.05) is 12.1 Å². The van der Waals surface area contributed by atoms with Gasteiger partial charge >= 0.3 is 0 Å². The summed E-state index contributed by atoms with van der Waals surface area (Å²) in [6.07, 6.45) is 2.27. The zero-order valence-electron chi connectivity index (χ0n) is 16.2. The molecule has 0 aromatic heterocycles. The van der Waals surface area contributed by atoms with Crippen LogP contribution < -0.4 is 5.32 Å². The van der Waals surface area contributed by atoms with Gasteiger partial charge in [-0.2, -0.15) is 8.42 Å². The molecule has 0 saturated heterocycles. The molecule has 2 aliphatic rings. The third kappa shape index (κ3) is 3.54.